The zero-order chi connectivity index (χ0) is 17.7. The standard InChI is InChI=1S/C19H15NO4S/c1-2-3-8-20-18(23)11-9-12(21)15-16(22)10-6-4-5-7-13(10)25-17(15)14(11)19(20)24/h4-7,9,21H,2-3,8H2,1H3. The summed E-state index contributed by atoms with van der Waals surface area (Å²) in [5.74, 6) is -1.04. The van der Waals surface area contributed by atoms with Crippen molar-refractivity contribution in [3.8, 4) is 5.75 Å². The first-order valence-corrected chi connectivity index (χ1v) is 8.94. The van der Waals surface area contributed by atoms with Gasteiger partial charge in [0, 0.05) is 16.6 Å². The Labute approximate surface area is 147 Å². The number of amides is 2. The molecule has 0 unspecified atom stereocenters. The van der Waals surface area contributed by atoms with Crippen molar-refractivity contribution in [2.45, 2.75) is 19.8 Å². The van der Waals surface area contributed by atoms with Crippen LogP contribution in [0.2, 0.25) is 0 Å². The van der Waals surface area contributed by atoms with Gasteiger partial charge in [0.15, 0.2) is 5.43 Å². The van der Waals surface area contributed by atoms with Gasteiger partial charge in [-0.05, 0) is 24.6 Å². The maximum atomic E-state index is 12.8. The van der Waals surface area contributed by atoms with Crippen LogP contribution in [-0.2, 0) is 0 Å². The Morgan fingerprint density at radius 3 is 2.64 bits per heavy atom. The first-order valence-electron chi connectivity index (χ1n) is 8.12. The van der Waals surface area contributed by atoms with Crippen molar-refractivity contribution in [2.75, 3.05) is 6.54 Å². The van der Waals surface area contributed by atoms with Gasteiger partial charge in [-0.15, -0.1) is 11.3 Å². The Morgan fingerprint density at radius 2 is 1.88 bits per heavy atom. The van der Waals surface area contributed by atoms with E-state index >= 15 is 0 Å². The van der Waals surface area contributed by atoms with Gasteiger partial charge in [-0.3, -0.25) is 19.3 Å². The topological polar surface area (TPSA) is 74.7 Å². The molecule has 0 saturated carbocycles. The molecular formula is C19H15NO4S. The lowest BCUT2D eigenvalue weighted by molar-refractivity contribution is 0.0653. The molecule has 3 aromatic rings. The smallest absolute Gasteiger partial charge is 0.263 e. The van der Waals surface area contributed by atoms with Crippen LogP contribution in [0.5, 0.6) is 5.75 Å². The van der Waals surface area contributed by atoms with E-state index in [1.807, 2.05) is 13.0 Å². The highest BCUT2D eigenvalue weighted by molar-refractivity contribution is 7.25. The number of fused-ring (bicyclic) bond motifs is 4. The zero-order valence-corrected chi connectivity index (χ0v) is 14.4. The third-order valence-electron chi connectivity index (χ3n) is 4.50. The summed E-state index contributed by atoms with van der Waals surface area (Å²) in [6.07, 6.45) is 1.58. The fourth-order valence-corrected chi connectivity index (χ4v) is 4.46. The number of rotatable bonds is 3. The number of carbonyl (C=O) groups is 2. The molecule has 126 valence electrons. The van der Waals surface area contributed by atoms with Crippen molar-refractivity contribution in [3.05, 3.63) is 51.7 Å². The zero-order valence-electron chi connectivity index (χ0n) is 13.5. The highest BCUT2D eigenvalue weighted by atomic mass is 32.1. The number of aromatic hydroxyl groups is 1. The second kappa shape index (κ2) is 5.67. The van der Waals surface area contributed by atoms with Crippen molar-refractivity contribution >= 4 is 43.3 Å². The molecule has 0 atom stereocenters. The van der Waals surface area contributed by atoms with Crippen LogP contribution in [0, 0.1) is 0 Å². The van der Waals surface area contributed by atoms with E-state index in [-0.39, 0.29) is 33.6 Å². The van der Waals surface area contributed by atoms with Gasteiger partial charge in [0.25, 0.3) is 11.8 Å². The summed E-state index contributed by atoms with van der Waals surface area (Å²) in [6.45, 7) is 2.32. The number of phenols is 1. The lowest BCUT2D eigenvalue weighted by Crippen LogP contribution is -2.30. The van der Waals surface area contributed by atoms with Gasteiger partial charge in [-0.2, -0.15) is 0 Å². The normalized spacial score (nSPS) is 13.9. The number of carbonyl (C=O) groups excluding carboxylic acids is 2. The fourth-order valence-electron chi connectivity index (χ4n) is 3.23. The Kier molecular flexibility index (Phi) is 3.58. The molecule has 0 spiro atoms. The SMILES string of the molecule is CCCCN1C(=O)c2cc(O)c3c(=O)c4ccccc4sc3c2C1=O. The summed E-state index contributed by atoms with van der Waals surface area (Å²) in [4.78, 5) is 39.4. The minimum Gasteiger partial charge on any atom is -0.507 e. The Bertz CT molecular complexity index is 1120. The maximum Gasteiger partial charge on any atom is 0.263 e. The van der Waals surface area contributed by atoms with E-state index in [4.69, 9.17) is 0 Å². The molecule has 0 radical (unpaired) electrons. The summed E-state index contributed by atoms with van der Waals surface area (Å²) in [6, 6.07) is 8.32. The number of imide groups is 1. The summed E-state index contributed by atoms with van der Waals surface area (Å²) in [7, 11) is 0. The van der Waals surface area contributed by atoms with Crippen LogP contribution in [0.25, 0.3) is 20.2 Å². The number of hydrogen-bond donors (Lipinski definition) is 1. The van der Waals surface area contributed by atoms with Crippen LogP contribution in [0.3, 0.4) is 0 Å². The average molecular weight is 353 g/mol. The Balaban J connectivity index is 2.07. The molecule has 2 heterocycles. The second-order valence-corrected chi connectivity index (χ2v) is 7.12. The quantitative estimate of drug-likeness (QED) is 0.577. The third kappa shape index (κ3) is 2.17. The van der Waals surface area contributed by atoms with E-state index in [1.165, 1.54) is 22.3 Å². The van der Waals surface area contributed by atoms with Gasteiger partial charge in [-0.25, -0.2) is 0 Å². The lowest BCUT2D eigenvalue weighted by atomic mass is 10.0. The molecule has 0 fully saturated rings. The predicted molar refractivity (Wildman–Crippen MR) is 97.5 cm³/mol. The lowest BCUT2D eigenvalue weighted by Gasteiger charge is -2.12. The van der Waals surface area contributed by atoms with Crippen LogP contribution >= 0.6 is 11.3 Å². The molecule has 4 rings (SSSR count). The number of phenolic OH excluding ortho intramolecular Hbond substituents is 1. The Hall–Kier alpha value is -2.73. The van der Waals surface area contributed by atoms with E-state index in [2.05, 4.69) is 0 Å². The highest BCUT2D eigenvalue weighted by Crippen LogP contribution is 2.38. The molecule has 25 heavy (non-hydrogen) atoms. The van der Waals surface area contributed by atoms with Crippen LogP contribution < -0.4 is 5.43 Å². The van der Waals surface area contributed by atoms with Gasteiger partial charge >= 0.3 is 0 Å². The number of nitrogens with zero attached hydrogens (tertiary/aromatic N) is 1. The first-order chi connectivity index (χ1) is 12.0. The van der Waals surface area contributed by atoms with E-state index in [0.29, 0.717) is 23.1 Å². The molecular weight excluding hydrogens is 338 g/mol. The molecule has 1 aromatic heterocycles. The molecule has 0 aliphatic carbocycles. The highest BCUT2D eigenvalue weighted by Gasteiger charge is 2.38. The van der Waals surface area contributed by atoms with Crippen LogP contribution in [0.15, 0.2) is 35.1 Å². The number of hydrogen-bond acceptors (Lipinski definition) is 5. The molecule has 0 saturated heterocycles. The first kappa shape index (κ1) is 15.8. The van der Waals surface area contributed by atoms with Gasteiger partial charge in [0.05, 0.1) is 21.2 Å². The van der Waals surface area contributed by atoms with Crippen molar-refractivity contribution < 1.29 is 14.7 Å². The van der Waals surface area contributed by atoms with Crippen molar-refractivity contribution in [2.24, 2.45) is 0 Å². The summed E-state index contributed by atoms with van der Waals surface area (Å²) in [5, 5.41) is 11.0. The molecule has 1 aliphatic heterocycles. The largest absolute Gasteiger partial charge is 0.507 e. The number of unbranched alkanes of at least 4 members (excludes halogenated alkanes) is 1. The van der Waals surface area contributed by atoms with Crippen molar-refractivity contribution in [1.82, 2.24) is 4.90 Å². The molecule has 2 aromatic carbocycles. The fraction of sp³-hybridized carbons (Fsp3) is 0.211. The Morgan fingerprint density at radius 1 is 1.12 bits per heavy atom. The van der Waals surface area contributed by atoms with Gasteiger partial charge in [-0.1, -0.05) is 25.5 Å². The van der Waals surface area contributed by atoms with Crippen LogP contribution in [0.4, 0.5) is 0 Å². The average Bonchev–Trinajstić information content (AvgIpc) is 2.84. The summed E-state index contributed by atoms with van der Waals surface area (Å²) < 4.78 is 1.11. The van der Waals surface area contributed by atoms with E-state index in [0.717, 1.165) is 11.1 Å². The molecule has 6 heteroatoms. The number of benzene rings is 2. The summed E-state index contributed by atoms with van der Waals surface area (Å²) >= 11 is 1.26. The molecule has 2 amide bonds. The molecule has 1 N–H and O–H groups in total. The maximum absolute atomic E-state index is 12.8. The van der Waals surface area contributed by atoms with Crippen LogP contribution in [-0.4, -0.2) is 28.4 Å². The second-order valence-electron chi connectivity index (χ2n) is 6.07. The van der Waals surface area contributed by atoms with Gasteiger partial charge in [0.1, 0.15) is 5.75 Å². The molecule has 1 aliphatic rings. The monoisotopic (exact) mass is 353 g/mol. The predicted octanol–water partition coefficient (Wildman–Crippen LogP) is 3.52. The third-order valence-corrected chi connectivity index (χ3v) is 5.69. The van der Waals surface area contributed by atoms with E-state index < -0.39 is 5.91 Å². The van der Waals surface area contributed by atoms with Gasteiger partial charge < -0.3 is 5.11 Å². The van der Waals surface area contributed by atoms with Crippen LogP contribution in [0.1, 0.15) is 40.5 Å². The van der Waals surface area contributed by atoms with E-state index in [1.54, 1.807) is 18.2 Å². The minimum absolute atomic E-state index is 0.112. The van der Waals surface area contributed by atoms with Crippen molar-refractivity contribution in [1.29, 1.82) is 0 Å². The minimum atomic E-state index is -0.404. The molecule has 5 nitrogen and oxygen atoms in total. The van der Waals surface area contributed by atoms with Crippen molar-refractivity contribution in [3.63, 3.8) is 0 Å². The molecule has 0 bridgehead atoms. The van der Waals surface area contributed by atoms with Gasteiger partial charge in [0.2, 0.25) is 0 Å². The summed E-state index contributed by atoms with van der Waals surface area (Å²) in [5.41, 5.74) is 0.0932. The van der Waals surface area contributed by atoms with E-state index in [9.17, 15) is 19.5 Å².